The predicted molar refractivity (Wildman–Crippen MR) is 60.3 cm³/mol. The van der Waals surface area contributed by atoms with Crippen LogP contribution in [0.1, 0.15) is 12.5 Å². The van der Waals surface area contributed by atoms with Gasteiger partial charge in [0.25, 0.3) is 0 Å². The number of halogens is 1. The Kier molecular flexibility index (Phi) is 4.11. The molecule has 0 saturated heterocycles. The quantitative estimate of drug-likeness (QED) is 0.642. The second-order valence-corrected chi connectivity index (χ2v) is 4.74. The number of hydrogen-bond acceptors (Lipinski definition) is 3. The third-order valence-electron chi connectivity index (χ3n) is 1.79. The summed E-state index contributed by atoms with van der Waals surface area (Å²) in [5.74, 6) is 0.751. The van der Waals surface area contributed by atoms with E-state index in [9.17, 15) is 5.11 Å². The van der Waals surface area contributed by atoms with E-state index in [0.29, 0.717) is 5.02 Å². The highest BCUT2D eigenvalue weighted by molar-refractivity contribution is 7.99. The van der Waals surface area contributed by atoms with Gasteiger partial charge in [0.05, 0.1) is 7.11 Å². The Morgan fingerprint density at radius 3 is 2.64 bits per heavy atom. The molecule has 0 fully saturated rings. The molecule has 0 saturated carbocycles. The van der Waals surface area contributed by atoms with Crippen LogP contribution in [-0.4, -0.2) is 17.7 Å². The van der Waals surface area contributed by atoms with Gasteiger partial charge in [0.15, 0.2) is 0 Å². The third-order valence-corrected chi connectivity index (χ3v) is 3.03. The molecule has 0 aliphatic carbocycles. The van der Waals surface area contributed by atoms with Crippen molar-refractivity contribution in [3.8, 4) is 5.75 Å². The summed E-state index contributed by atoms with van der Waals surface area (Å²) < 4.78 is 5.17. The van der Waals surface area contributed by atoms with Crippen LogP contribution in [0, 0.1) is 6.92 Å². The standard InChI is InChI=1S/C10H13ClO2S/c1-6-9(13-3)4-8(11)5-10(6)14-7(2)12/h4-5,7,12H,1-3H3. The van der Waals surface area contributed by atoms with Crippen molar-refractivity contribution in [2.45, 2.75) is 24.2 Å². The second-order valence-electron chi connectivity index (χ2n) is 2.95. The van der Waals surface area contributed by atoms with E-state index in [1.165, 1.54) is 11.8 Å². The van der Waals surface area contributed by atoms with Gasteiger partial charge < -0.3 is 9.84 Å². The zero-order chi connectivity index (χ0) is 10.7. The molecule has 0 aliphatic heterocycles. The summed E-state index contributed by atoms with van der Waals surface area (Å²) in [5, 5.41) is 9.88. The molecule has 1 aromatic rings. The van der Waals surface area contributed by atoms with Crippen LogP contribution in [0.3, 0.4) is 0 Å². The molecule has 78 valence electrons. The summed E-state index contributed by atoms with van der Waals surface area (Å²) in [6.07, 6.45) is 0. The van der Waals surface area contributed by atoms with Gasteiger partial charge in [-0.05, 0) is 26.0 Å². The van der Waals surface area contributed by atoms with Crippen molar-refractivity contribution in [3.63, 3.8) is 0 Å². The summed E-state index contributed by atoms with van der Waals surface area (Å²) in [4.78, 5) is 0.948. The van der Waals surface area contributed by atoms with E-state index >= 15 is 0 Å². The average Bonchev–Trinajstić information content (AvgIpc) is 2.09. The van der Waals surface area contributed by atoms with Gasteiger partial charge >= 0.3 is 0 Å². The molecule has 1 rings (SSSR count). The molecule has 0 spiro atoms. The first-order valence-electron chi connectivity index (χ1n) is 4.23. The fourth-order valence-corrected chi connectivity index (χ4v) is 2.26. The van der Waals surface area contributed by atoms with E-state index in [-0.39, 0.29) is 0 Å². The fourth-order valence-electron chi connectivity index (χ4n) is 1.15. The zero-order valence-corrected chi connectivity index (χ0v) is 9.95. The van der Waals surface area contributed by atoms with Crippen LogP contribution in [0.15, 0.2) is 17.0 Å². The van der Waals surface area contributed by atoms with E-state index in [0.717, 1.165) is 16.2 Å². The molecule has 1 aromatic carbocycles. The number of ether oxygens (including phenoxy) is 1. The Balaban J connectivity index is 3.08. The van der Waals surface area contributed by atoms with Gasteiger partial charge in [-0.3, -0.25) is 0 Å². The summed E-state index contributed by atoms with van der Waals surface area (Å²) >= 11 is 7.27. The molecule has 1 N–H and O–H groups in total. The van der Waals surface area contributed by atoms with Crippen LogP contribution in [0.4, 0.5) is 0 Å². The van der Waals surface area contributed by atoms with Crippen molar-refractivity contribution in [2.24, 2.45) is 0 Å². The SMILES string of the molecule is COc1cc(Cl)cc(SC(C)O)c1C. The van der Waals surface area contributed by atoms with E-state index in [2.05, 4.69) is 0 Å². The maximum atomic E-state index is 9.26. The second kappa shape index (κ2) is 4.91. The lowest BCUT2D eigenvalue weighted by atomic mass is 10.2. The highest BCUT2D eigenvalue weighted by Crippen LogP contribution is 2.34. The molecular weight excluding hydrogens is 220 g/mol. The zero-order valence-electron chi connectivity index (χ0n) is 8.37. The largest absolute Gasteiger partial charge is 0.496 e. The van der Waals surface area contributed by atoms with Gasteiger partial charge in [0.2, 0.25) is 0 Å². The Morgan fingerprint density at radius 1 is 1.50 bits per heavy atom. The average molecular weight is 233 g/mol. The Morgan fingerprint density at radius 2 is 2.14 bits per heavy atom. The van der Waals surface area contributed by atoms with E-state index in [1.807, 2.05) is 13.0 Å². The maximum Gasteiger partial charge on any atom is 0.124 e. The minimum Gasteiger partial charge on any atom is -0.496 e. The van der Waals surface area contributed by atoms with Gasteiger partial charge in [0, 0.05) is 15.5 Å². The van der Waals surface area contributed by atoms with E-state index in [1.54, 1.807) is 20.1 Å². The maximum absolute atomic E-state index is 9.26. The van der Waals surface area contributed by atoms with Crippen LogP contribution >= 0.6 is 23.4 Å². The summed E-state index contributed by atoms with van der Waals surface area (Å²) in [6.45, 7) is 3.66. The smallest absolute Gasteiger partial charge is 0.124 e. The molecular formula is C10H13ClO2S. The lowest BCUT2D eigenvalue weighted by molar-refractivity contribution is 0.284. The first kappa shape index (κ1) is 11.7. The molecule has 2 nitrogen and oxygen atoms in total. The Bertz CT molecular complexity index is 326. The first-order valence-corrected chi connectivity index (χ1v) is 5.49. The molecule has 0 aromatic heterocycles. The molecule has 1 atom stereocenters. The predicted octanol–water partition coefficient (Wildman–Crippen LogP) is 3.09. The third kappa shape index (κ3) is 2.80. The van der Waals surface area contributed by atoms with Gasteiger partial charge in [0.1, 0.15) is 11.2 Å². The highest BCUT2D eigenvalue weighted by atomic mass is 35.5. The van der Waals surface area contributed by atoms with Crippen LogP contribution < -0.4 is 4.74 Å². The number of benzene rings is 1. The summed E-state index contributed by atoms with van der Waals surface area (Å²) in [6, 6.07) is 3.60. The van der Waals surface area contributed by atoms with Gasteiger partial charge in [-0.2, -0.15) is 0 Å². The number of hydrogen-bond donors (Lipinski definition) is 1. The van der Waals surface area contributed by atoms with Crippen molar-refractivity contribution in [1.82, 2.24) is 0 Å². The van der Waals surface area contributed by atoms with Gasteiger partial charge in [-0.1, -0.05) is 23.4 Å². The highest BCUT2D eigenvalue weighted by Gasteiger charge is 2.09. The number of aliphatic hydroxyl groups excluding tert-OH is 1. The lowest BCUT2D eigenvalue weighted by Gasteiger charge is -2.12. The Hall–Kier alpha value is -0.380. The number of aliphatic hydroxyl groups is 1. The minimum absolute atomic E-state index is 0.447. The van der Waals surface area contributed by atoms with E-state index < -0.39 is 5.44 Å². The first-order chi connectivity index (χ1) is 6.54. The van der Waals surface area contributed by atoms with Gasteiger partial charge in [-0.25, -0.2) is 0 Å². The molecule has 0 amide bonds. The summed E-state index contributed by atoms with van der Waals surface area (Å²) in [7, 11) is 1.61. The van der Waals surface area contributed by atoms with Crippen LogP contribution in [0.2, 0.25) is 5.02 Å². The Labute approximate surface area is 93.2 Å². The molecule has 1 unspecified atom stereocenters. The molecule has 0 radical (unpaired) electrons. The molecule has 0 bridgehead atoms. The van der Waals surface area contributed by atoms with Crippen LogP contribution in [-0.2, 0) is 0 Å². The molecule has 0 heterocycles. The fraction of sp³-hybridized carbons (Fsp3) is 0.400. The number of thioether (sulfide) groups is 1. The topological polar surface area (TPSA) is 29.5 Å². The number of rotatable bonds is 3. The molecule has 0 aliphatic rings. The van der Waals surface area contributed by atoms with Crippen molar-refractivity contribution >= 4 is 23.4 Å². The number of methoxy groups -OCH3 is 1. The van der Waals surface area contributed by atoms with Gasteiger partial charge in [-0.15, -0.1) is 0 Å². The minimum atomic E-state index is -0.447. The monoisotopic (exact) mass is 232 g/mol. The molecule has 14 heavy (non-hydrogen) atoms. The molecule has 4 heteroatoms. The normalized spacial score (nSPS) is 12.6. The van der Waals surface area contributed by atoms with Crippen LogP contribution in [0.25, 0.3) is 0 Å². The van der Waals surface area contributed by atoms with E-state index in [4.69, 9.17) is 16.3 Å². The summed E-state index contributed by atoms with van der Waals surface area (Å²) in [5.41, 5.74) is 0.555. The van der Waals surface area contributed by atoms with Crippen molar-refractivity contribution in [1.29, 1.82) is 0 Å². The van der Waals surface area contributed by atoms with Crippen LogP contribution in [0.5, 0.6) is 5.75 Å². The van der Waals surface area contributed by atoms with Crippen molar-refractivity contribution < 1.29 is 9.84 Å². The van der Waals surface area contributed by atoms with Crippen molar-refractivity contribution in [3.05, 3.63) is 22.7 Å². The van der Waals surface area contributed by atoms with Crippen molar-refractivity contribution in [2.75, 3.05) is 7.11 Å². The lowest BCUT2D eigenvalue weighted by Crippen LogP contribution is -1.95.